The lowest BCUT2D eigenvalue weighted by molar-refractivity contribution is -0.136. The highest BCUT2D eigenvalue weighted by Crippen LogP contribution is 2.49. The first-order valence-electron chi connectivity index (χ1n) is 10.3. The molecule has 0 bridgehead atoms. The van der Waals surface area contributed by atoms with Crippen molar-refractivity contribution >= 4 is 17.7 Å². The molecular formula is C21H26N4O3. The summed E-state index contributed by atoms with van der Waals surface area (Å²) >= 11 is 0. The van der Waals surface area contributed by atoms with E-state index in [1.807, 2.05) is 12.1 Å². The quantitative estimate of drug-likeness (QED) is 0.641. The van der Waals surface area contributed by atoms with Gasteiger partial charge in [0.1, 0.15) is 6.04 Å². The van der Waals surface area contributed by atoms with Gasteiger partial charge in [-0.3, -0.25) is 19.7 Å². The summed E-state index contributed by atoms with van der Waals surface area (Å²) in [6.07, 6.45) is 1.98. The van der Waals surface area contributed by atoms with E-state index in [4.69, 9.17) is 0 Å². The number of hydrogen-bond donors (Lipinski definition) is 3. The average molecular weight is 382 g/mol. The standard InChI is InChI=1S/C21H26N4O3/c26-19-4-3-18(20(27)24-19)25-11-13-7-12(1-2-14(13)21(25)28)8-23-10-17-15-5-6-22-9-16(15)17/h1-2,7,15-18,22-23H,3-6,8-11H2,(H,24,26,27). The number of carbonyl (C=O) groups is 3. The lowest BCUT2D eigenvalue weighted by atomic mass is 10.0. The van der Waals surface area contributed by atoms with Crippen LogP contribution in [0, 0.1) is 17.8 Å². The highest BCUT2D eigenvalue weighted by Gasteiger charge is 2.49. The molecule has 1 aromatic carbocycles. The Labute approximate surface area is 164 Å². The van der Waals surface area contributed by atoms with Gasteiger partial charge in [-0.15, -0.1) is 0 Å². The Hall–Kier alpha value is -2.25. The Morgan fingerprint density at radius 3 is 2.82 bits per heavy atom. The molecule has 3 N–H and O–H groups in total. The molecule has 0 spiro atoms. The first-order valence-corrected chi connectivity index (χ1v) is 10.3. The molecule has 148 valence electrons. The second kappa shape index (κ2) is 6.97. The molecule has 3 heterocycles. The first kappa shape index (κ1) is 17.8. The van der Waals surface area contributed by atoms with E-state index < -0.39 is 6.04 Å². The highest BCUT2D eigenvalue weighted by atomic mass is 16.2. The SMILES string of the molecule is O=C1CCC(N2Cc3cc(CNCC4C5CCNCC54)ccc3C2=O)C(=O)N1. The number of carbonyl (C=O) groups excluding carboxylic acids is 3. The summed E-state index contributed by atoms with van der Waals surface area (Å²) in [5.74, 6) is 1.81. The van der Waals surface area contributed by atoms with E-state index >= 15 is 0 Å². The van der Waals surface area contributed by atoms with Crippen LogP contribution in [-0.2, 0) is 22.7 Å². The second-order valence-corrected chi connectivity index (χ2v) is 8.51. The topological polar surface area (TPSA) is 90.5 Å². The normalized spacial score (nSPS) is 31.4. The van der Waals surface area contributed by atoms with Crippen molar-refractivity contribution in [2.45, 2.75) is 38.4 Å². The largest absolute Gasteiger partial charge is 0.322 e. The van der Waals surface area contributed by atoms with Crippen LogP contribution in [-0.4, -0.2) is 48.3 Å². The molecule has 1 aromatic rings. The van der Waals surface area contributed by atoms with Gasteiger partial charge in [-0.1, -0.05) is 12.1 Å². The van der Waals surface area contributed by atoms with Crippen molar-refractivity contribution in [1.29, 1.82) is 0 Å². The number of piperidine rings is 2. The van der Waals surface area contributed by atoms with Gasteiger partial charge in [-0.05, 0) is 67.4 Å². The smallest absolute Gasteiger partial charge is 0.255 e. The van der Waals surface area contributed by atoms with Crippen LogP contribution in [0.1, 0.15) is 40.7 Å². The van der Waals surface area contributed by atoms with Gasteiger partial charge in [0.15, 0.2) is 0 Å². The van der Waals surface area contributed by atoms with Crippen molar-refractivity contribution in [3.05, 3.63) is 34.9 Å². The molecule has 0 aromatic heterocycles. The van der Waals surface area contributed by atoms with Gasteiger partial charge in [-0.25, -0.2) is 0 Å². The molecular weight excluding hydrogens is 356 g/mol. The minimum absolute atomic E-state index is 0.112. The molecule has 5 rings (SSSR count). The molecule has 3 amide bonds. The van der Waals surface area contributed by atoms with Crippen LogP contribution >= 0.6 is 0 Å². The molecule has 2 saturated heterocycles. The third-order valence-electron chi connectivity index (χ3n) is 6.84. The van der Waals surface area contributed by atoms with Gasteiger partial charge >= 0.3 is 0 Å². The summed E-state index contributed by atoms with van der Waals surface area (Å²) in [7, 11) is 0. The number of amides is 3. The minimum atomic E-state index is -0.550. The Balaban J connectivity index is 1.20. The summed E-state index contributed by atoms with van der Waals surface area (Å²) in [5.41, 5.74) is 2.81. The fourth-order valence-corrected chi connectivity index (χ4v) is 5.22. The number of nitrogens with zero attached hydrogens (tertiary/aromatic N) is 1. The molecule has 7 heteroatoms. The van der Waals surface area contributed by atoms with Crippen molar-refractivity contribution in [2.24, 2.45) is 17.8 Å². The predicted molar refractivity (Wildman–Crippen MR) is 102 cm³/mol. The summed E-state index contributed by atoms with van der Waals surface area (Å²) in [6, 6.07) is 5.40. The molecule has 4 atom stereocenters. The van der Waals surface area contributed by atoms with Crippen LogP contribution in [0.2, 0.25) is 0 Å². The van der Waals surface area contributed by atoms with E-state index in [2.05, 4.69) is 22.0 Å². The van der Waals surface area contributed by atoms with Gasteiger partial charge in [0.05, 0.1) is 0 Å². The molecule has 4 aliphatic rings. The third kappa shape index (κ3) is 3.12. The monoisotopic (exact) mass is 382 g/mol. The summed E-state index contributed by atoms with van der Waals surface area (Å²) in [4.78, 5) is 37.8. The van der Waals surface area contributed by atoms with Gasteiger partial charge in [0, 0.05) is 25.1 Å². The van der Waals surface area contributed by atoms with Crippen LogP contribution in [0.5, 0.6) is 0 Å². The van der Waals surface area contributed by atoms with E-state index in [-0.39, 0.29) is 24.1 Å². The fraction of sp³-hybridized carbons (Fsp3) is 0.571. The molecule has 4 unspecified atom stereocenters. The molecule has 28 heavy (non-hydrogen) atoms. The number of nitrogens with one attached hydrogen (secondary N) is 3. The van der Waals surface area contributed by atoms with Crippen LogP contribution in [0.4, 0.5) is 0 Å². The fourth-order valence-electron chi connectivity index (χ4n) is 5.22. The average Bonchev–Trinajstić information content (AvgIpc) is 3.30. The number of benzene rings is 1. The maximum absolute atomic E-state index is 12.7. The Morgan fingerprint density at radius 2 is 2.04 bits per heavy atom. The maximum atomic E-state index is 12.7. The Bertz CT molecular complexity index is 827. The summed E-state index contributed by atoms with van der Waals surface area (Å²) < 4.78 is 0. The maximum Gasteiger partial charge on any atom is 0.255 e. The third-order valence-corrected chi connectivity index (χ3v) is 6.84. The molecule has 3 aliphatic heterocycles. The van der Waals surface area contributed by atoms with Crippen molar-refractivity contribution in [3.8, 4) is 0 Å². The number of hydrogen-bond acceptors (Lipinski definition) is 5. The molecule has 3 fully saturated rings. The Morgan fingerprint density at radius 1 is 1.14 bits per heavy atom. The summed E-state index contributed by atoms with van der Waals surface area (Å²) in [5, 5.41) is 9.40. The van der Waals surface area contributed by atoms with Gasteiger partial charge in [0.25, 0.3) is 5.91 Å². The summed E-state index contributed by atoms with van der Waals surface area (Å²) in [6.45, 7) is 4.60. The van der Waals surface area contributed by atoms with E-state index in [9.17, 15) is 14.4 Å². The number of fused-ring (bicyclic) bond motifs is 2. The van der Waals surface area contributed by atoms with Crippen molar-refractivity contribution < 1.29 is 14.4 Å². The predicted octanol–water partition coefficient (Wildman–Crippen LogP) is 0.393. The van der Waals surface area contributed by atoms with Crippen LogP contribution in [0.25, 0.3) is 0 Å². The second-order valence-electron chi connectivity index (χ2n) is 8.51. The Kier molecular flexibility index (Phi) is 4.44. The van der Waals surface area contributed by atoms with Crippen molar-refractivity contribution in [2.75, 3.05) is 19.6 Å². The first-order chi connectivity index (χ1) is 13.6. The van der Waals surface area contributed by atoms with Crippen LogP contribution in [0.15, 0.2) is 18.2 Å². The van der Waals surface area contributed by atoms with E-state index in [1.165, 1.54) is 12.0 Å². The zero-order valence-corrected chi connectivity index (χ0v) is 15.9. The van der Waals surface area contributed by atoms with Gasteiger partial charge in [0.2, 0.25) is 11.8 Å². The zero-order chi connectivity index (χ0) is 19.3. The minimum Gasteiger partial charge on any atom is -0.322 e. The zero-order valence-electron chi connectivity index (χ0n) is 15.9. The van der Waals surface area contributed by atoms with E-state index in [0.717, 1.165) is 49.5 Å². The van der Waals surface area contributed by atoms with Crippen molar-refractivity contribution in [3.63, 3.8) is 0 Å². The van der Waals surface area contributed by atoms with Crippen LogP contribution in [0.3, 0.4) is 0 Å². The van der Waals surface area contributed by atoms with E-state index in [1.54, 1.807) is 4.90 Å². The molecule has 1 saturated carbocycles. The van der Waals surface area contributed by atoms with Gasteiger partial charge in [-0.2, -0.15) is 0 Å². The number of imide groups is 1. The van der Waals surface area contributed by atoms with Crippen LogP contribution < -0.4 is 16.0 Å². The lowest BCUT2D eigenvalue weighted by Crippen LogP contribution is -2.52. The van der Waals surface area contributed by atoms with E-state index in [0.29, 0.717) is 18.5 Å². The molecule has 7 nitrogen and oxygen atoms in total. The molecule has 1 aliphatic carbocycles. The molecule has 0 radical (unpaired) electrons. The lowest BCUT2D eigenvalue weighted by Gasteiger charge is -2.29. The number of rotatable bonds is 5. The van der Waals surface area contributed by atoms with Gasteiger partial charge < -0.3 is 15.5 Å². The highest BCUT2D eigenvalue weighted by molar-refractivity contribution is 6.05. The van der Waals surface area contributed by atoms with Crippen molar-refractivity contribution in [1.82, 2.24) is 20.9 Å².